The molecule has 0 spiro atoms. The number of sulfonamides is 1. The van der Waals surface area contributed by atoms with Crippen molar-refractivity contribution in [3.63, 3.8) is 0 Å². The quantitative estimate of drug-likeness (QED) is 0.256. The van der Waals surface area contributed by atoms with Crippen molar-refractivity contribution in [3.05, 3.63) is 36.0 Å². The van der Waals surface area contributed by atoms with E-state index in [0.29, 0.717) is 54.6 Å². The van der Waals surface area contributed by atoms with E-state index in [9.17, 15) is 32.7 Å². The summed E-state index contributed by atoms with van der Waals surface area (Å²) in [6.07, 6.45) is 4.26. The van der Waals surface area contributed by atoms with Gasteiger partial charge in [-0.15, -0.1) is 0 Å². The molecule has 6 rings (SSSR count). The van der Waals surface area contributed by atoms with Crippen LogP contribution in [0.1, 0.15) is 84.3 Å². The highest BCUT2D eigenvalue weighted by Crippen LogP contribution is 2.47. The number of carbonyl (C=O) groups excluding carboxylic acids is 3. The lowest BCUT2D eigenvalue weighted by molar-refractivity contribution is -0.142. The predicted molar refractivity (Wildman–Crippen MR) is 201 cm³/mol. The van der Waals surface area contributed by atoms with Gasteiger partial charge in [0.05, 0.1) is 36.0 Å². The number of hydrogen-bond donors (Lipinski definition) is 4. The van der Waals surface area contributed by atoms with Gasteiger partial charge in [0.15, 0.2) is 0 Å². The lowest BCUT2D eigenvalue weighted by atomic mass is 9.87. The van der Waals surface area contributed by atoms with Crippen LogP contribution in [-0.4, -0.2) is 108 Å². The molecule has 3 fully saturated rings. The summed E-state index contributed by atoms with van der Waals surface area (Å²) in [5.74, 6) is -2.53. The molecule has 0 unspecified atom stereocenters. The SMILES string of the molecule is COC[C@@H]1C[C@H](C)CCC=C[C@@H]2C[C@@]2(C(=O)NS(=O)(=O)C2(C)CC2)NC(=O)[C@@H]2C[C@@H](Oc3nc4cc(OC)ccc4nc3C(C)C)CN2C(=O)[C@H]1NC(=O)O. The number of benzene rings is 1. The molecule has 3 heterocycles. The van der Waals surface area contributed by atoms with Gasteiger partial charge in [-0.25, -0.2) is 23.2 Å². The van der Waals surface area contributed by atoms with Crippen molar-refractivity contribution in [3.8, 4) is 11.6 Å². The Morgan fingerprint density at radius 1 is 1.13 bits per heavy atom. The van der Waals surface area contributed by atoms with E-state index in [-0.39, 0.29) is 43.7 Å². The van der Waals surface area contributed by atoms with Crippen LogP contribution in [0.2, 0.25) is 0 Å². The summed E-state index contributed by atoms with van der Waals surface area (Å²) < 4.78 is 44.9. The van der Waals surface area contributed by atoms with Crippen LogP contribution in [0.25, 0.3) is 11.0 Å². The highest BCUT2D eigenvalue weighted by atomic mass is 32.2. The van der Waals surface area contributed by atoms with Gasteiger partial charge in [-0.05, 0) is 63.5 Å². The summed E-state index contributed by atoms with van der Waals surface area (Å²) in [7, 11) is -1.00. The number of ether oxygens (including phenoxy) is 3. The van der Waals surface area contributed by atoms with Gasteiger partial charge in [-0.2, -0.15) is 0 Å². The molecule has 1 aromatic heterocycles. The van der Waals surface area contributed by atoms with Gasteiger partial charge in [0.2, 0.25) is 27.7 Å². The fourth-order valence-electron chi connectivity index (χ4n) is 7.70. The zero-order valence-corrected chi connectivity index (χ0v) is 33.0. The first-order chi connectivity index (χ1) is 26.0. The first-order valence-electron chi connectivity index (χ1n) is 18.9. The average molecular weight is 785 g/mol. The van der Waals surface area contributed by atoms with E-state index >= 15 is 0 Å². The Labute approximate surface area is 321 Å². The van der Waals surface area contributed by atoms with E-state index in [1.807, 2.05) is 32.9 Å². The first kappa shape index (κ1) is 40.2. The van der Waals surface area contributed by atoms with E-state index in [4.69, 9.17) is 24.2 Å². The molecule has 300 valence electrons. The minimum absolute atomic E-state index is 0.0351. The summed E-state index contributed by atoms with van der Waals surface area (Å²) >= 11 is 0. The molecule has 1 saturated heterocycles. The van der Waals surface area contributed by atoms with E-state index in [1.165, 1.54) is 12.0 Å². The zero-order valence-electron chi connectivity index (χ0n) is 32.2. The number of carbonyl (C=O) groups is 4. The van der Waals surface area contributed by atoms with Crippen LogP contribution in [0.5, 0.6) is 11.6 Å². The number of aromatic nitrogens is 2. The molecule has 4 N–H and O–H groups in total. The van der Waals surface area contributed by atoms with Crippen LogP contribution in [-0.2, 0) is 29.1 Å². The summed E-state index contributed by atoms with van der Waals surface area (Å²) in [5, 5.41) is 15.2. The second-order valence-electron chi connectivity index (χ2n) is 16.1. The second-order valence-corrected chi connectivity index (χ2v) is 18.2. The van der Waals surface area contributed by atoms with Crippen LogP contribution in [0.3, 0.4) is 0 Å². The number of nitrogens with one attached hydrogen (secondary N) is 3. The topological polar surface area (TPSA) is 215 Å². The van der Waals surface area contributed by atoms with Crippen molar-refractivity contribution < 1.29 is 46.9 Å². The molecule has 4 amide bonds. The molecule has 16 nitrogen and oxygen atoms in total. The Balaban J connectivity index is 1.38. The molecule has 0 radical (unpaired) electrons. The Bertz CT molecular complexity index is 1970. The van der Waals surface area contributed by atoms with Crippen LogP contribution in [0.15, 0.2) is 30.4 Å². The monoisotopic (exact) mass is 784 g/mol. The Hall–Kier alpha value is -4.51. The first-order valence-corrected chi connectivity index (χ1v) is 20.4. The van der Waals surface area contributed by atoms with Crippen LogP contribution < -0.4 is 24.8 Å². The van der Waals surface area contributed by atoms with Crippen LogP contribution >= 0.6 is 0 Å². The summed E-state index contributed by atoms with van der Waals surface area (Å²) in [6, 6.07) is 2.81. The Kier molecular flexibility index (Phi) is 11.4. The van der Waals surface area contributed by atoms with Gasteiger partial charge >= 0.3 is 6.09 Å². The van der Waals surface area contributed by atoms with Gasteiger partial charge < -0.3 is 34.9 Å². The number of hydrogen-bond acceptors (Lipinski definition) is 11. The third-order valence-electron chi connectivity index (χ3n) is 11.4. The van der Waals surface area contributed by atoms with Crippen molar-refractivity contribution in [2.24, 2.45) is 17.8 Å². The molecule has 7 atom stereocenters. The predicted octanol–water partition coefficient (Wildman–Crippen LogP) is 3.26. The summed E-state index contributed by atoms with van der Waals surface area (Å²) in [4.78, 5) is 66.1. The smallest absolute Gasteiger partial charge is 0.405 e. The number of nitrogens with zero attached hydrogens (tertiary/aromatic N) is 3. The highest BCUT2D eigenvalue weighted by Gasteiger charge is 2.63. The third-order valence-corrected chi connectivity index (χ3v) is 13.6. The molecular formula is C38H52N6O10S. The highest BCUT2D eigenvalue weighted by molar-refractivity contribution is 7.91. The maximum atomic E-state index is 14.7. The minimum Gasteiger partial charge on any atom is -0.497 e. The van der Waals surface area contributed by atoms with Crippen molar-refractivity contribution in [2.45, 2.75) is 107 Å². The van der Waals surface area contributed by atoms with Crippen molar-refractivity contribution in [1.82, 2.24) is 30.2 Å². The van der Waals surface area contributed by atoms with Crippen molar-refractivity contribution in [1.29, 1.82) is 0 Å². The largest absolute Gasteiger partial charge is 0.497 e. The average Bonchev–Trinajstić information content (AvgIpc) is 4.01. The third kappa shape index (κ3) is 8.37. The Morgan fingerprint density at radius 3 is 2.53 bits per heavy atom. The molecule has 55 heavy (non-hydrogen) atoms. The number of amides is 4. The molecule has 2 aromatic rings. The molecule has 17 heteroatoms. The number of rotatable bonds is 10. The molecule has 2 aliphatic carbocycles. The van der Waals surface area contributed by atoms with E-state index in [2.05, 4.69) is 15.4 Å². The zero-order chi connectivity index (χ0) is 39.9. The van der Waals surface area contributed by atoms with E-state index in [0.717, 1.165) is 0 Å². The van der Waals surface area contributed by atoms with Crippen molar-refractivity contribution >= 4 is 44.9 Å². The van der Waals surface area contributed by atoms with Crippen LogP contribution in [0, 0.1) is 17.8 Å². The fraction of sp³-hybridized carbons (Fsp3) is 0.632. The molecule has 0 bridgehead atoms. The number of carboxylic acid groups (broad SMARTS) is 1. The summed E-state index contributed by atoms with van der Waals surface area (Å²) in [5.41, 5.74) is 0.126. The minimum atomic E-state index is -4.02. The van der Waals surface area contributed by atoms with Crippen LogP contribution in [0.4, 0.5) is 4.79 Å². The number of methoxy groups -OCH3 is 2. The normalized spacial score (nSPS) is 29.3. The fourth-order valence-corrected chi connectivity index (χ4v) is 9.02. The molecule has 2 saturated carbocycles. The number of fused-ring (bicyclic) bond motifs is 3. The molecule has 4 aliphatic rings. The standard InChI is InChI=1S/C38H52N6O10S/c1-21(2)30-33(40-28-16-25(53-6)11-12-27(28)39-30)54-26-17-29-32(45)42-38(35(47)43-55(50,51)37(4)13-14-37)18-24(38)10-8-7-9-22(3)15-23(20-52-5)31(41-36(48)49)34(46)44(29)19-26/h8,10-12,16,21-24,26,29,31,41H,7,9,13-15,17-20H2,1-6H3,(H,42,45)(H,43,47)(H,48,49)/t22-,23+,24-,26-,29+,31+,38-/m1/s1. The maximum absolute atomic E-state index is 14.7. The molecular weight excluding hydrogens is 733 g/mol. The van der Waals surface area contributed by atoms with Crippen molar-refractivity contribution in [2.75, 3.05) is 27.4 Å². The van der Waals surface area contributed by atoms with Gasteiger partial charge in [-0.1, -0.05) is 32.9 Å². The lowest BCUT2D eigenvalue weighted by Gasteiger charge is -2.33. The second kappa shape index (κ2) is 15.6. The van der Waals surface area contributed by atoms with E-state index in [1.54, 1.807) is 32.2 Å². The number of allylic oxidation sites excluding steroid dienone is 1. The van der Waals surface area contributed by atoms with Gasteiger partial charge in [0.1, 0.15) is 35.2 Å². The maximum Gasteiger partial charge on any atom is 0.405 e. The van der Waals surface area contributed by atoms with Gasteiger partial charge in [-0.3, -0.25) is 19.1 Å². The molecule has 2 aliphatic heterocycles. The Morgan fingerprint density at radius 2 is 1.87 bits per heavy atom. The van der Waals surface area contributed by atoms with Gasteiger partial charge in [0.25, 0.3) is 5.91 Å². The molecule has 1 aromatic carbocycles. The van der Waals surface area contributed by atoms with Gasteiger partial charge in [0, 0.05) is 37.4 Å². The summed E-state index contributed by atoms with van der Waals surface area (Å²) in [6.45, 7) is 7.42. The lowest BCUT2D eigenvalue weighted by Crippen LogP contribution is -2.59. The van der Waals surface area contributed by atoms with E-state index < -0.39 is 74.1 Å².